The molecule has 0 unspecified atom stereocenters. The summed E-state index contributed by atoms with van der Waals surface area (Å²) in [5.41, 5.74) is 1.73. The number of aromatic nitrogens is 1. The number of thioether (sulfide) groups is 1. The SMILES string of the molecule is COc1cccc(/C=C2/SC(=S)N(CCCC(=O)Nc3nc4ccccc4s3)C2=O)c1. The topological polar surface area (TPSA) is 71.5 Å². The quantitative estimate of drug-likeness (QED) is 0.391. The molecule has 1 saturated heterocycles. The van der Waals surface area contributed by atoms with E-state index < -0.39 is 0 Å². The highest BCUT2D eigenvalue weighted by Gasteiger charge is 2.31. The Hall–Kier alpha value is -2.75. The van der Waals surface area contributed by atoms with Crippen molar-refractivity contribution in [3.8, 4) is 5.75 Å². The largest absolute Gasteiger partial charge is 0.497 e. The second kappa shape index (κ2) is 9.59. The average molecular weight is 470 g/mol. The van der Waals surface area contributed by atoms with Crippen molar-refractivity contribution in [3.05, 3.63) is 59.0 Å². The third kappa shape index (κ3) is 5.12. The first kappa shape index (κ1) is 21.5. The molecule has 1 aliphatic heterocycles. The Balaban J connectivity index is 1.31. The molecule has 6 nitrogen and oxygen atoms in total. The number of benzene rings is 2. The summed E-state index contributed by atoms with van der Waals surface area (Å²) in [4.78, 5) is 31.6. The number of carbonyl (C=O) groups excluding carboxylic acids is 2. The number of hydrogen-bond acceptors (Lipinski definition) is 7. The van der Waals surface area contributed by atoms with Crippen LogP contribution >= 0.6 is 35.3 Å². The van der Waals surface area contributed by atoms with E-state index in [0.29, 0.717) is 27.3 Å². The van der Waals surface area contributed by atoms with Crippen molar-refractivity contribution in [1.82, 2.24) is 9.88 Å². The molecule has 0 atom stereocenters. The highest BCUT2D eigenvalue weighted by molar-refractivity contribution is 8.26. The molecule has 0 saturated carbocycles. The number of amides is 2. The summed E-state index contributed by atoms with van der Waals surface area (Å²) in [7, 11) is 1.60. The minimum atomic E-state index is -0.135. The normalized spacial score (nSPS) is 15.1. The first-order valence-electron chi connectivity index (χ1n) is 9.58. The third-order valence-corrected chi connectivity index (χ3v) is 6.92. The molecule has 2 amide bonds. The molecule has 4 rings (SSSR count). The second-order valence-corrected chi connectivity index (χ2v) is 9.45. The van der Waals surface area contributed by atoms with E-state index in [9.17, 15) is 9.59 Å². The Morgan fingerprint density at radius 3 is 2.90 bits per heavy atom. The molecule has 1 aliphatic rings. The minimum Gasteiger partial charge on any atom is -0.497 e. The molecule has 31 heavy (non-hydrogen) atoms. The van der Waals surface area contributed by atoms with Gasteiger partial charge in [0, 0.05) is 13.0 Å². The third-order valence-electron chi connectivity index (χ3n) is 4.59. The van der Waals surface area contributed by atoms with Crippen molar-refractivity contribution in [2.24, 2.45) is 0 Å². The number of rotatable bonds is 7. The van der Waals surface area contributed by atoms with Crippen LogP contribution in [0.3, 0.4) is 0 Å². The van der Waals surface area contributed by atoms with Gasteiger partial charge in [0.1, 0.15) is 10.1 Å². The fourth-order valence-corrected chi connectivity index (χ4v) is 5.27. The van der Waals surface area contributed by atoms with E-state index in [-0.39, 0.29) is 18.2 Å². The number of para-hydroxylation sites is 1. The molecule has 1 N–H and O–H groups in total. The summed E-state index contributed by atoms with van der Waals surface area (Å²) in [5.74, 6) is 0.462. The number of thiocarbonyl (C=S) groups is 1. The van der Waals surface area contributed by atoms with Crippen LogP contribution in [0.4, 0.5) is 5.13 Å². The second-order valence-electron chi connectivity index (χ2n) is 6.75. The highest BCUT2D eigenvalue weighted by Crippen LogP contribution is 2.33. The standard InChI is InChI=1S/C22H19N3O3S3/c1-28-15-7-4-6-14(12-15)13-18-20(27)25(22(29)31-18)11-5-10-19(26)24-21-23-16-8-2-3-9-17(16)30-21/h2-4,6-9,12-13H,5,10-11H2,1H3,(H,23,24,26)/b18-13+. The lowest BCUT2D eigenvalue weighted by atomic mass is 10.2. The van der Waals surface area contributed by atoms with Gasteiger partial charge < -0.3 is 10.1 Å². The Morgan fingerprint density at radius 2 is 2.10 bits per heavy atom. The number of methoxy groups -OCH3 is 1. The zero-order valence-corrected chi connectivity index (χ0v) is 19.1. The van der Waals surface area contributed by atoms with Gasteiger partial charge in [0.2, 0.25) is 5.91 Å². The molecule has 3 aromatic rings. The summed E-state index contributed by atoms with van der Waals surface area (Å²) >= 11 is 8.09. The lowest BCUT2D eigenvalue weighted by Crippen LogP contribution is -2.29. The van der Waals surface area contributed by atoms with E-state index in [2.05, 4.69) is 10.3 Å². The van der Waals surface area contributed by atoms with Gasteiger partial charge in [-0.05, 0) is 42.3 Å². The van der Waals surface area contributed by atoms with E-state index in [4.69, 9.17) is 17.0 Å². The van der Waals surface area contributed by atoms with E-state index in [1.54, 1.807) is 12.0 Å². The molecule has 9 heteroatoms. The summed E-state index contributed by atoms with van der Waals surface area (Å²) in [5, 5.41) is 3.42. The van der Waals surface area contributed by atoms with E-state index >= 15 is 0 Å². The van der Waals surface area contributed by atoms with Gasteiger partial charge >= 0.3 is 0 Å². The maximum atomic E-state index is 12.8. The predicted molar refractivity (Wildman–Crippen MR) is 130 cm³/mol. The van der Waals surface area contributed by atoms with Crippen LogP contribution in [0.15, 0.2) is 53.4 Å². The van der Waals surface area contributed by atoms with Crippen LogP contribution in [0.2, 0.25) is 0 Å². The lowest BCUT2D eigenvalue weighted by molar-refractivity contribution is -0.122. The predicted octanol–water partition coefficient (Wildman–Crippen LogP) is 4.93. The monoisotopic (exact) mass is 469 g/mol. The Bertz CT molecular complexity index is 1160. The van der Waals surface area contributed by atoms with Crippen LogP contribution in [0.5, 0.6) is 5.75 Å². The summed E-state index contributed by atoms with van der Waals surface area (Å²) in [6.07, 6.45) is 2.60. The van der Waals surface area contributed by atoms with Crippen molar-refractivity contribution in [2.75, 3.05) is 19.0 Å². The zero-order chi connectivity index (χ0) is 21.8. The number of hydrogen-bond donors (Lipinski definition) is 1. The van der Waals surface area contributed by atoms with Crippen LogP contribution in [0, 0.1) is 0 Å². The van der Waals surface area contributed by atoms with Crippen LogP contribution in [0.25, 0.3) is 16.3 Å². The van der Waals surface area contributed by atoms with E-state index in [1.807, 2.05) is 54.6 Å². The van der Waals surface area contributed by atoms with Crippen LogP contribution in [-0.2, 0) is 9.59 Å². The summed E-state index contributed by atoms with van der Waals surface area (Å²) in [6, 6.07) is 15.2. The van der Waals surface area contributed by atoms with Crippen molar-refractivity contribution >= 4 is 72.9 Å². The highest BCUT2D eigenvalue weighted by atomic mass is 32.2. The van der Waals surface area contributed by atoms with Gasteiger partial charge in [-0.25, -0.2) is 4.98 Å². The molecule has 0 bridgehead atoms. The molecule has 0 spiro atoms. The maximum Gasteiger partial charge on any atom is 0.266 e. The number of ether oxygens (including phenoxy) is 1. The van der Waals surface area contributed by atoms with Crippen molar-refractivity contribution in [2.45, 2.75) is 12.8 Å². The first-order valence-corrected chi connectivity index (χ1v) is 11.6. The molecule has 2 aromatic carbocycles. The van der Waals surface area contributed by atoms with E-state index in [0.717, 1.165) is 21.5 Å². The number of carbonyl (C=O) groups is 2. The number of anilines is 1. The Morgan fingerprint density at radius 1 is 1.26 bits per heavy atom. The van der Waals surface area contributed by atoms with Gasteiger partial charge in [0.15, 0.2) is 5.13 Å². The number of nitrogens with one attached hydrogen (secondary N) is 1. The van der Waals surface area contributed by atoms with E-state index in [1.165, 1.54) is 23.1 Å². The Kier molecular flexibility index (Phi) is 6.64. The number of fused-ring (bicyclic) bond motifs is 1. The molecular weight excluding hydrogens is 450 g/mol. The lowest BCUT2D eigenvalue weighted by Gasteiger charge is -2.13. The Labute approximate surface area is 193 Å². The number of nitrogens with zero attached hydrogens (tertiary/aromatic N) is 2. The van der Waals surface area contributed by atoms with Gasteiger partial charge in [0.25, 0.3) is 5.91 Å². The first-order chi connectivity index (χ1) is 15.0. The molecule has 1 fully saturated rings. The fourth-order valence-electron chi connectivity index (χ4n) is 3.08. The molecular formula is C22H19N3O3S3. The molecule has 0 radical (unpaired) electrons. The van der Waals surface area contributed by atoms with Crippen LogP contribution < -0.4 is 10.1 Å². The van der Waals surface area contributed by atoms with Gasteiger partial charge in [-0.1, -0.05) is 59.6 Å². The van der Waals surface area contributed by atoms with Crippen molar-refractivity contribution in [1.29, 1.82) is 0 Å². The van der Waals surface area contributed by atoms with Crippen LogP contribution in [-0.4, -0.2) is 39.7 Å². The maximum absolute atomic E-state index is 12.8. The zero-order valence-electron chi connectivity index (χ0n) is 16.7. The van der Waals surface area contributed by atoms with Crippen LogP contribution in [0.1, 0.15) is 18.4 Å². The van der Waals surface area contributed by atoms with Gasteiger partial charge in [-0.2, -0.15) is 0 Å². The van der Waals surface area contributed by atoms with Crippen molar-refractivity contribution < 1.29 is 14.3 Å². The van der Waals surface area contributed by atoms with Gasteiger partial charge in [0.05, 0.1) is 22.2 Å². The smallest absolute Gasteiger partial charge is 0.266 e. The minimum absolute atomic E-state index is 0.128. The fraction of sp³-hybridized carbons (Fsp3) is 0.182. The van der Waals surface area contributed by atoms with Gasteiger partial charge in [-0.3, -0.25) is 14.5 Å². The number of thiazole rings is 1. The summed E-state index contributed by atoms with van der Waals surface area (Å²) in [6.45, 7) is 0.396. The molecule has 0 aliphatic carbocycles. The molecule has 1 aromatic heterocycles. The summed E-state index contributed by atoms with van der Waals surface area (Å²) < 4.78 is 6.76. The van der Waals surface area contributed by atoms with Crippen molar-refractivity contribution in [3.63, 3.8) is 0 Å². The van der Waals surface area contributed by atoms with Gasteiger partial charge in [-0.15, -0.1) is 0 Å². The molecule has 158 valence electrons. The average Bonchev–Trinajstić information content (AvgIpc) is 3.28. The molecule has 2 heterocycles.